The molecule has 3 aromatic carbocycles. The van der Waals surface area contributed by atoms with Crippen molar-refractivity contribution in [1.82, 2.24) is 0 Å². The molecule has 0 aliphatic heterocycles. The fraction of sp³-hybridized carbons (Fsp3) is 0.160. The molecule has 31 heavy (non-hydrogen) atoms. The van der Waals surface area contributed by atoms with Crippen LogP contribution in [0.15, 0.2) is 84.4 Å². The van der Waals surface area contributed by atoms with Gasteiger partial charge in [0.2, 0.25) is 0 Å². The summed E-state index contributed by atoms with van der Waals surface area (Å²) in [5.41, 5.74) is 2.08. The van der Waals surface area contributed by atoms with Gasteiger partial charge in [0.1, 0.15) is 11.6 Å². The van der Waals surface area contributed by atoms with Gasteiger partial charge in [-0.15, -0.1) is 0 Å². The van der Waals surface area contributed by atoms with Gasteiger partial charge in [-0.1, -0.05) is 60.1 Å². The molecule has 0 saturated carbocycles. The van der Waals surface area contributed by atoms with Crippen LogP contribution in [0.2, 0.25) is 5.02 Å². The summed E-state index contributed by atoms with van der Waals surface area (Å²) in [7, 11) is 0. The molecule has 2 unspecified atom stereocenters. The molecular weight excluding hydrogens is 425 g/mol. The molecule has 0 heterocycles. The van der Waals surface area contributed by atoms with Crippen LogP contribution in [-0.4, -0.2) is 12.4 Å². The quantitative estimate of drug-likeness (QED) is 0.378. The Balaban J connectivity index is 1.77. The molecule has 0 amide bonds. The van der Waals surface area contributed by atoms with Crippen molar-refractivity contribution in [2.24, 2.45) is 0 Å². The monoisotopic (exact) mass is 442 g/mol. The second kappa shape index (κ2) is 8.98. The van der Waals surface area contributed by atoms with Gasteiger partial charge in [0, 0.05) is 33.6 Å². The third-order valence-electron chi connectivity index (χ3n) is 5.40. The molecule has 0 fully saturated rings. The molecule has 2 atom stereocenters. The van der Waals surface area contributed by atoms with E-state index in [1.54, 1.807) is 36.4 Å². The smallest absolute Gasteiger partial charge is 0.387 e. The van der Waals surface area contributed by atoms with Crippen molar-refractivity contribution in [2.45, 2.75) is 24.9 Å². The highest BCUT2D eigenvalue weighted by molar-refractivity contribution is 6.30. The number of rotatable bonds is 6. The van der Waals surface area contributed by atoms with Crippen molar-refractivity contribution in [3.8, 4) is 5.75 Å². The highest BCUT2D eigenvalue weighted by Crippen LogP contribution is 2.47. The maximum atomic E-state index is 13.7. The zero-order valence-corrected chi connectivity index (χ0v) is 17.0. The number of allylic oxidation sites excluding steroid dienone is 2. The molecule has 0 saturated heterocycles. The lowest BCUT2D eigenvalue weighted by molar-refractivity contribution is -0.0505. The van der Waals surface area contributed by atoms with Crippen LogP contribution in [0.5, 0.6) is 5.75 Å². The fourth-order valence-corrected chi connectivity index (χ4v) is 4.15. The minimum absolute atomic E-state index is 0.0252. The predicted octanol–water partition coefficient (Wildman–Crippen LogP) is 7.16. The summed E-state index contributed by atoms with van der Waals surface area (Å²) in [6, 6.07) is 19.2. The summed E-state index contributed by atoms with van der Waals surface area (Å²) in [5, 5.41) is 0.592. The molecule has 4 rings (SSSR count). The Labute approximate surface area is 182 Å². The Morgan fingerprint density at radius 1 is 1.00 bits per heavy atom. The number of alkyl halides is 2. The maximum absolute atomic E-state index is 13.7. The van der Waals surface area contributed by atoms with Gasteiger partial charge >= 0.3 is 6.61 Å². The molecule has 3 aromatic rings. The Hall–Kier alpha value is -3.05. The zero-order chi connectivity index (χ0) is 22.0. The van der Waals surface area contributed by atoms with E-state index in [9.17, 15) is 18.0 Å². The van der Waals surface area contributed by atoms with E-state index >= 15 is 0 Å². The highest BCUT2D eigenvalue weighted by atomic mass is 35.5. The number of para-hydroxylation sites is 1. The number of carbonyl (C=O) groups excluding carboxylic acids is 1. The Morgan fingerprint density at radius 2 is 1.74 bits per heavy atom. The molecule has 0 aromatic heterocycles. The van der Waals surface area contributed by atoms with Crippen molar-refractivity contribution in [1.29, 1.82) is 0 Å². The van der Waals surface area contributed by atoms with E-state index in [4.69, 9.17) is 16.3 Å². The van der Waals surface area contributed by atoms with Crippen LogP contribution >= 0.6 is 11.6 Å². The molecule has 0 spiro atoms. The van der Waals surface area contributed by atoms with Gasteiger partial charge in [-0.25, -0.2) is 4.39 Å². The fourth-order valence-electron chi connectivity index (χ4n) is 4.02. The number of ether oxygens (including phenoxy) is 1. The normalized spacial score (nSPS) is 18.2. The number of ketones is 1. The van der Waals surface area contributed by atoms with Crippen LogP contribution in [0.4, 0.5) is 13.2 Å². The summed E-state index contributed by atoms with van der Waals surface area (Å²) < 4.78 is 44.4. The summed E-state index contributed by atoms with van der Waals surface area (Å²) >= 11 is 5.99. The number of hydrogen-bond donors (Lipinski definition) is 0. The number of carbonyl (C=O) groups is 1. The van der Waals surface area contributed by atoms with Crippen molar-refractivity contribution < 1.29 is 22.7 Å². The first kappa shape index (κ1) is 21.2. The summed E-state index contributed by atoms with van der Waals surface area (Å²) in [6.45, 7) is -2.99. The first-order valence-electron chi connectivity index (χ1n) is 9.73. The van der Waals surface area contributed by atoms with Crippen molar-refractivity contribution >= 4 is 17.4 Å². The lowest BCUT2D eigenvalue weighted by atomic mass is 9.86. The van der Waals surface area contributed by atoms with E-state index in [0.717, 1.165) is 5.56 Å². The van der Waals surface area contributed by atoms with Crippen LogP contribution in [-0.2, 0) is 0 Å². The van der Waals surface area contributed by atoms with Gasteiger partial charge in [-0.2, -0.15) is 8.78 Å². The average Bonchev–Trinajstić information content (AvgIpc) is 3.19. The third kappa shape index (κ3) is 4.67. The van der Waals surface area contributed by atoms with Crippen molar-refractivity contribution in [3.05, 3.63) is 112 Å². The summed E-state index contributed by atoms with van der Waals surface area (Å²) in [4.78, 5) is 13.3. The van der Waals surface area contributed by atoms with Crippen molar-refractivity contribution in [3.63, 3.8) is 0 Å². The van der Waals surface area contributed by atoms with Crippen LogP contribution < -0.4 is 4.74 Å². The minimum Gasteiger partial charge on any atom is -0.435 e. The Kier molecular flexibility index (Phi) is 6.14. The van der Waals surface area contributed by atoms with Crippen LogP contribution in [0.25, 0.3) is 0 Å². The first-order chi connectivity index (χ1) is 14.9. The van der Waals surface area contributed by atoms with Gasteiger partial charge in [-0.3, -0.25) is 4.79 Å². The minimum atomic E-state index is -2.99. The van der Waals surface area contributed by atoms with Crippen LogP contribution in [0, 0.1) is 5.82 Å². The van der Waals surface area contributed by atoms with Gasteiger partial charge in [0.15, 0.2) is 5.78 Å². The van der Waals surface area contributed by atoms with E-state index < -0.39 is 18.3 Å². The number of halogens is 4. The lowest BCUT2D eigenvalue weighted by Crippen LogP contribution is -2.12. The average molecular weight is 443 g/mol. The molecule has 1 aliphatic carbocycles. The molecule has 6 heteroatoms. The van der Waals surface area contributed by atoms with Gasteiger partial charge in [-0.05, 0) is 42.3 Å². The number of hydrogen-bond acceptors (Lipinski definition) is 2. The topological polar surface area (TPSA) is 26.3 Å². The van der Waals surface area contributed by atoms with Crippen LogP contribution in [0.1, 0.15) is 39.7 Å². The summed E-state index contributed by atoms with van der Waals surface area (Å²) in [5.74, 6) is -1.44. The second-order valence-electron chi connectivity index (χ2n) is 7.32. The second-order valence-corrected chi connectivity index (χ2v) is 7.76. The van der Waals surface area contributed by atoms with E-state index in [2.05, 4.69) is 0 Å². The third-order valence-corrected chi connectivity index (χ3v) is 5.66. The first-order valence-corrected chi connectivity index (χ1v) is 10.1. The molecule has 2 nitrogen and oxygen atoms in total. The Bertz CT molecular complexity index is 1130. The molecule has 0 radical (unpaired) electrons. The predicted molar refractivity (Wildman–Crippen MR) is 113 cm³/mol. The van der Waals surface area contributed by atoms with E-state index in [-0.39, 0.29) is 23.0 Å². The molecular formula is C25H18ClF3O2. The highest BCUT2D eigenvalue weighted by Gasteiger charge is 2.35. The van der Waals surface area contributed by atoms with Crippen LogP contribution in [0.3, 0.4) is 0 Å². The summed E-state index contributed by atoms with van der Waals surface area (Å²) in [6.07, 6.45) is 2.32. The zero-order valence-electron chi connectivity index (χ0n) is 16.3. The molecule has 0 N–H and O–H groups in total. The SMILES string of the molecule is O=C(C1=CC(c2ccc(Cl)cc2)CC1c1ccccc1OC(F)F)c1cccc(F)c1. The van der Waals surface area contributed by atoms with Gasteiger partial charge < -0.3 is 4.74 Å². The standard InChI is InChI=1S/C25H18ClF3O2/c26-18-10-8-15(9-11-18)17-13-21(20-6-1-2-7-23(20)31-25(28)29)22(14-17)24(30)16-4-3-5-19(27)12-16/h1-12,14,17,21,25H,13H2. The van der Waals surface area contributed by atoms with E-state index in [0.29, 0.717) is 22.6 Å². The maximum Gasteiger partial charge on any atom is 0.387 e. The van der Waals surface area contributed by atoms with E-state index in [1.165, 1.54) is 24.3 Å². The van der Waals surface area contributed by atoms with Gasteiger partial charge in [0.05, 0.1) is 0 Å². The van der Waals surface area contributed by atoms with Crippen molar-refractivity contribution in [2.75, 3.05) is 0 Å². The van der Waals surface area contributed by atoms with Gasteiger partial charge in [0.25, 0.3) is 0 Å². The lowest BCUT2D eigenvalue weighted by Gasteiger charge is -2.19. The largest absolute Gasteiger partial charge is 0.435 e. The number of benzene rings is 3. The molecule has 0 bridgehead atoms. The van der Waals surface area contributed by atoms with E-state index in [1.807, 2.05) is 18.2 Å². The molecule has 158 valence electrons. The molecule has 1 aliphatic rings. The Morgan fingerprint density at radius 3 is 2.45 bits per heavy atom. The number of Topliss-reactive ketones (excluding diaryl/α,β-unsaturated/α-hetero) is 1.